The zero-order valence-corrected chi connectivity index (χ0v) is 7.01. The van der Waals surface area contributed by atoms with Crippen molar-refractivity contribution in [3.63, 3.8) is 0 Å². The molecule has 0 amide bonds. The third-order valence-electron chi connectivity index (χ3n) is 1.07. The first-order chi connectivity index (χ1) is 5.74. The summed E-state index contributed by atoms with van der Waals surface area (Å²) in [7, 11) is 0. The van der Waals surface area contributed by atoms with Crippen molar-refractivity contribution < 1.29 is 9.50 Å². The van der Waals surface area contributed by atoms with Crippen molar-refractivity contribution in [1.29, 1.82) is 0 Å². The molecule has 0 saturated carbocycles. The number of hydrogen-bond acceptors (Lipinski definition) is 5. The van der Waals surface area contributed by atoms with E-state index >= 15 is 0 Å². The summed E-state index contributed by atoms with van der Waals surface area (Å²) in [5, 5.41) is 8.85. The Labute approximate surface area is 73.0 Å². The summed E-state index contributed by atoms with van der Waals surface area (Å²) in [5.74, 6) is -0.306. The van der Waals surface area contributed by atoms with Gasteiger partial charge in [0.05, 0.1) is 12.8 Å². The van der Waals surface area contributed by atoms with Crippen molar-refractivity contribution >= 4 is 17.6 Å². The number of anilines is 1. The van der Waals surface area contributed by atoms with Gasteiger partial charge < -0.3 is 10.8 Å². The Bertz CT molecular complexity index is 271. The molecule has 1 aromatic heterocycles. The molecule has 0 spiro atoms. The van der Waals surface area contributed by atoms with Gasteiger partial charge in [0.1, 0.15) is 0 Å². The minimum atomic E-state index is -0.622. The van der Waals surface area contributed by atoms with Gasteiger partial charge in [-0.25, -0.2) is 14.4 Å². The summed E-state index contributed by atoms with van der Waals surface area (Å²) in [6, 6.07) is 0. The maximum atomic E-state index is 12.5. The topological polar surface area (TPSA) is 72.0 Å². The molecule has 0 aliphatic rings. The molecule has 12 heavy (non-hydrogen) atoms. The maximum absolute atomic E-state index is 12.5. The summed E-state index contributed by atoms with van der Waals surface area (Å²) in [6.45, 7) is 0.0330. The maximum Gasteiger partial charge on any atom is 0.189 e. The number of nitrogens with two attached hydrogens (primary N) is 1. The molecule has 0 saturated heterocycles. The number of rotatable bonds is 3. The molecule has 0 radical (unpaired) electrons. The number of thioether (sulfide) groups is 1. The highest BCUT2D eigenvalue weighted by Gasteiger charge is 2.02. The van der Waals surface area contributed by atoms with Gasteiger partial charge in [-0.05, 0) is 0 Å². The Morgan fingerprint density at radius 2 is 2.42 bits per heavy atom. The van der Waals surface area contributed by atoms with Gasteiger partial charge in [-0.15, -0.1) is 0 Å². The standard InChI is InChI=1S/C6H8FN3OS/c7-4-3-9-6(10-5(4)8)12-2-1-11/h3,11H,1-2H2,(H2,8,9,10). The van der Waals surface area contributed by atoms with Crippen LogP contribution in [0.25, 0.3) is 0 Å². The van der Waals surface area contributed by atoms with Gasteiger partial charge >= 0.3 is 0 Å². The molecule has 0 bridgehead atoms. The molecule has 1 aromatic rings. The van der Waals surface area contributed by atoms with E-state index in [1.807, 2.05) is 0 Å². The van der Waals surface area contributed by atoms with E-state index in [1.54, 1.807) is 0 Å². The van der Waals surface area contributed by atoms with Crippen LogP contribution < -0.4 is 5.73 Å². The van der Waals surface area contributed by atoms with Crippen molar-refractivity contribution in [2.75, 3.05) is 18.1 Å². The summed E-state index contributed by atoms with van der Waals surface area (Å²) < 4.78 is 12.5. The van der Waals surface area contributed by atoms with Gasteiger partial charge in [0.25, 0.3) is 0 Å². The number of nitrogen functional groups attached to an aromatic ring is 1. The van der Waals surface area contributed by atoms with Crippen LogP contribution in [0, 0.1) is 5.82 Å². The Morgan fingerprint density at radius 3 is 3.00 bits per heavy atom. The normalized spacial score (nSPS) is 10.2. The summed E-state index contributed by atoms with van der Waals surface area (Å²) >= 11 is 1.22. The van der Waals surface area contributed by atoms with Crippen LogP contribution in [-0.4, -0.2) is 27.4 Å². The Kier molecular flexibility index (Phi) is 3.24. The summed E-state index contributed by atoms with van der Waals surface area (Å²) in [4.78, 5) is 7.32. The van der Waals surface area contributed by atoms with Gasteiger partial charge in [0.2, 0.25) is 0 Å². The fraction of sp³-hybridized carbons (Fsp3) is 0.333. The first-order valence-corrected chi connectivity index (χ1v) is 4.24. The minimum Gasteiger partial charge on any atom is -0.396 e. The van der Waals surface area contributed by atoms with E-state index in [9.17, 15) is 4.39 Å². The third-order valence-corrected chi connectivity index (χ3v) is 1.91. The first-order valence-electron chi connectivity index (χ1n) is 3.25. The number of aliphatic hydroxyl groups excluding tert-OH is 1. The van der Waals surface area contributed by atoms with Gasteiger partial charge in [-0.1, -0.05) is 11.8 Å². The van der Waals surface area contributed by atoms with E-state index in [2.05, 4.69) is 9.97 Å². The van der Waals surface area contributed by atoms with E-state index in [-0.39, 0.29) is 12.4 Å². The molecule has 1 rings (SSSR count). The van der Waals surface area contributed by atoms with Crippen LogP contribution in [0.2, 0.25) is 0 Å². The zero-order valence-electron chi connectivity index (χ0n) is 6.20. The van der Waals surface area contributed by atoms with E-state index in [1.165, 1.54) is 11.8 Å². The van der Waals surface area contributed by atoms with Crippen LogP contribution >= 0.6 is 11.8 Å². The van der Waals surface area contributed by atoms with E-state index in [0.717, 1.165) is 6.20 Å². The van der Waals surface area contributed by atoms with Crippen molar-refractivity contribution in [1.82, 2.24) is 9.97 Å². The molecule has 0 unspecified atom stereocenters. The number of aromatic nitrogens is 2. The molecule has 6 heteroatoms. The lowest BCUT2D eigenvalue weighted by molar-refractivity contribution is 0.322. The van der Waals surface area contributed by atoms with E-state index < -0.39 is 5.82 Å². The van der Waals surface area contributed by atoms with Crippen LogP contribution in [-0.2, 0) is 0 Å². The minimum absolute atomic E-state index is 0.0330. The second kappa shape index (κ2) is 4.22. The highest BCUT2D eigenvalue weighted by Crippen LogP contribution is 2.14. The SMILES string of the molecule is Nc1nc(SCCO)ncc1F. The first kappa shape index (κ1) is 9.21. The van der Waals surface area contributed by atoms with Crippen LogP contribution in [0.4, 0.5) is 10.2 Å². The predicted octanol–water partition coefficient (Wildman–Crippen LogP) is 0.282. The largest absolute Gasteiger partial charge is 0.396 e. The molecular formula is C6H8FN3OS. The zero-order chi connectivity index (χ0) is 8.97. The van der Waals surface area contributed by atoms with Crippen molar-refractivity contribution in [3.05, 3.63) is 12.0 Å². The molecule has 3 N–H and O–H groups in total. The second-order valence-corrected chi connectivity index (χ2v) is 3.02. The molecule has 4 nitrogen and oxygen atoms in total. The van der Waals surface area contributed by atoms with E-state index in [0.29, 0.717) is 10.9 Å². The predicted molar refractivity (Wildman–Crippen MR) is 44.2 cm³/mol. The second-order valence-electron chi connectivity index (χ2n) is 1.96. The molecule has 0 aliphatic heterocycles. The molecule has 0 fully saturated rings. The Balaban J connectivity index is 2.69. The summed E-state index contributed by atoms with van der Waals surface area (Å²) in [5.41, 5.74) is 5.19. The van der Waals surface area contributed by atoms with Crippen LogP contribution in [0.5, 0.6) is 0 Å². The fourth-order valence-electron chi connectivity index (χ4n) is 0.570. The van der Waals surface area contributed by atoms with Crippen molar-refractivity contribution in [2.24, 2.45) is 0 Å². The molecular weight excluding hydrogens is 181 g/mol. The Morgan fingerprint density at radius 1 is 1.67 bits per heavy atom. The van der Waals surface area contributed by atoms with Crippen LogP contribution in [0.15, 0.2) is 11.4 Å². The highest BCUT2D eigenvalue weighted by atomic mass is 32.2. The summed E-state index contributed by atoms with van der Waals surface area (Å²) in [6.07, 6.45) is 1.02. The molecule has 0 atom stereocenters. The van der Waals surface area contributed by atoms with Crippen molar-refractivity contribution in [2.45, 2.75) is 5.16 Å². The van der Waals surface area contributed by atoms with Gasteiger partial charge in [-0.2, -0.15) is 0 Å². The third kappa shape index (κ3) is 2.31. The van der Waals surface area contributed by atoms with Crippen molar-refractivity contribution in [3.8, 4) is 0 Å². The average Bonchev–Trinajstić information content (AvgIpc) is 2.07. The van der Waals surface area contributed by atoms with Gasteiger partial charge in [-0.3, -0.25) is 0 Å². The number of nitrogens with zero attached hydrogens (tertiary/aromatic N) is 2. The lowest BCUT2D eigenvalue weighted by Gasteiger charge is -1.98. The number of halogens is 1. The lowest BCUT2D eigenvalue weighted by Crippen LogP contribution is -1.99. The monoisotopic (exact) mass is 189 g/mol. The highest BCUT2D eigenvalue weighted by molar-refractivity contribution is 7.99. The molecule has 0 aliphatic carbocycles. The van der Waals surface area contributed by atoms with Crippen LogP contribution in [0.1, 0.15) is 0 Å². The number of hydrogen-bond donors (Lipinski definition) is 2. The quantitative estimate of drug-likeness (QED) is 0.528. The molecule has 1 heterocycles. The number of aliphatic hydroxyl groups is 1. The average molecular weight is 189 g/mol. The Hall–Kier alpha value is -0.880. The fourth-order valence-corrected chi connectivity index (χ4v) is 1.13. The van der Waals surface area contributed by atoms with Crippen LogP contribution in [0.3, 0.4) is 0 Å². The molecule has 0 aromatic carbocycles. The van der Waals surface area contributed by atoms with E-state index in [4.69, 9.17) is 10.8 Å². The van der Waals surface area contributed by atoms with Gasteiger partial charge in [0.15, 0.2) is 16.8 Å². The smallest absolute Gasteiger partial charge is 0.189 e. The van der Waals surface area contributed by atoms with Gasteiger partial charge in [0, 0.05) is 5.75 Å². The lowest BCUT2D eigenvalue weighted by atomic mass is 10.6. The molecule has 66 valence electrons.